The van der Waals surface area contributed by atoms with Crippen LogP contribution in [-0.2, 0) is 5.41 Å². The number of hydrogen-bond donors (Lipinski definition) is 0. The smallest absolute Gasteiger partial charge is 0.106 e. The third-order valence-corrected chi connectivity index (χ3v) is 3.07. The summed E-state index contributed by atoms with van der Waals surface area (Å²) in [5.41, 5.74) is 0.625. The van der Waals surface area contributed by atoms with E-state index in [0.29, 0.717) is 0 Å². The van der Waals surface area contributed by atoms with Gasteiger partial charge in [0.2, 0.25) is 0 Å². The molecule has 1 heterocycles. The van der Waals surface area contributed by atoms with E-state index in [-0.39, 0.29) is 5.41 Å². The maximum atomic E-state index is 9.08. The molecule has 1 saturated carbocycles. The number of halogens is 1. The van der Waals surface area contributed by atoms with Crippen LogP contribution in [0.4, 0.5) is 0 Å². The van der Waals surface area contributed by atoms with Crippen LogP contribution in [0.25, 0.3) is 0 Å². The zero-order valence-corrected chi connectivity index (χ0v) is 8.71. The van der Waals surface area contributed by atoms with E-state index < -0.39 is 0 Å². The lowest BCUT2D eigenvalue weighted by Gasteiger charge is -2.34. The molecule has 0 aliphatic heterocycles. The fourth-order valence-electron chi connectivity index (χ4n) is 1.63. The molecule has 66 valence electrons. The molecule has 0 bridgehead atoms. The van der Waals surface area contributed by atoms with Gasteiger partial charge in [-0.05, 0) is 47.3 Å². The molecule has 0 atom stereocenters. The molecule has 1 fully saturated rings. The standard InChI is InChI=1S/C10H9BrN2/c11-9-4-1-3-8(13-9)10(7-12)5-2-6-10/h1,3-4H,2,5-6H2. The molecule has 0 amide bonds. The van der Waals surface area contributed by atoms with Crippen LogP contribution in [0.1, 0.15) is 25.0 Å². The minimum Gasteiger partial charge on any atom is -0.244 e. The minimum absolute atomic E-state index is 0.288. The lowest BCUT2D eigenvalue weighted by atomic mass is 9.67. The third kappa shape index (κ3) is 1.36. The minimum atomic E-state index is -0.288. The molecule has 1 aromatic heterocycles. The molecule has 1 aromatic rings. The average molecular weight is 237 g/mol. The molecule has 3 heteroatoms. The first-order chi connectivity index (χ1) is 6.27. The number of hydrogen-bond acceptors (Lipinski definition) is 2. The van der Waals surface area contributed by atoms with Crippen molar-refractivity contribution in [2.24, 2.45) is 0 Å². The normalized spacial score (nSPS) is 18.8. The molecule has 0 radical (unpaired) electrons. The maximum absolute atomic E-state index is 9.08. The van der Waals surface area contributed by atoms with Gasteiger partial charge in [0.25, 0.3) is 0 Å². The maximum Gasteiger partial charge on any atom is 0.106 e. The Labute approximate surface area is 85.7 Å². The summed E-state index contributed by atoms with van der Waals surface area (Å²) in [5, 5.41) is 9.08. The van der Waals surface area contributed by atoms with E-state index in [0.717, 1.165) is 29.6 Å². The van der Waals surface area contributed by atoms with E-state index in [1.807, 2.05) is 18.2 Å². The first kappa shape index (κ1) is 8.71. The number of pyridine rings is 1. The summed E-state index contributed by atoms with van der Waals surface area (Å²) in [6.45, 7) is 0. The van der Waals surface area contributed by atoms with Crippen LogP contribution >= 0.6 is 15.9 Å². The fourth-order valence-corrected chi connectivity index (χ4v) is 1.97. The molecule has 0 spiro atoms. The quantitative estimate of drug-likeness (QED) is 0.704. The molecule has 2 rings (SSSR count). The first-order valence-electron chi connectivity index (χ1n) is 4.31. The van der Waals surface area contributed by atoms with Crippen molar-refractivity contribution in [3.63, 3.8) is 0 Å². The van der Waals surface area contributed by atoms with Gasteiger partial charge in [0.05, 0.1) is 17.2 Å². The van der Waals surface area contributed by atoms with Gasteiger partial charge in [-0.2, -0.15) is 5.26 Å². The van der Waals surface area contributed by atoms with Gasteiger partial charge in [0, 0.05) is 0 Å². The van der Waals surface area contributed by atoms with Gasteiger partial charge >= 0.3 is 0 Å². The highest BCUT2D eigenvalue weighted by atomic mass is 79.9. The van der Waals surface area contributed by atoms with Crippen molar-refractivity contribution in [2.75, 3.05) is 0 Å². The summed E-state index contributed by atoms with van der Waals surface area (Å²) in [7, 11) is 0. The van der Waals surface area contributed by atoms with Crippen molar-refractivity contribution >= 4 is 15.9 Å². The number of aromatic nitrogens is 1. The van der Waals surface area contributed by atoms with Crippen molar-refractivity contribution in [1.82, 2.24) is 4.98 Å². The van der Waals surface area contributed by atoms with Crippen LogP contribution in [0, 0.1) is 11.3 Å². The summed E-state index contributed by atoms with van der Waals surface area (Å²) < 4.78 is 0.812. The van der Waals surface area contributed by atoms with Crippen LogP contribution in [0.15, 0.2) is 22.8 Å². The van der Waals surface area contributed by atoms with Gasteiger partial charge in [-0.25, -0.2) is 4.98 Å². The molecule has 1 aliphatic rings. The largest absolute Gasteiger partial charge is 0.244 e. The Balaban J connectivity index is 2.40. The summed E-state index contributed by atoms with van der Waals surface area (Å²) >= 11 is 3.32. The van der Waals surface area contributed by atoms with Gasteiger partial charge in [-0.15, -0.1) is 0 Å². The van der Waals surface area contributed by atoms with Gasteiger partial charge in [-0.1, -0.05) is 6.07 Å². The van der Waals surface area contributed by atoms with E-state index in [4.69, 9.17) is 5.26 Å². The number of nitriles is 1. The Kier molecular flexibility index (Phi) is 2.09. The van der Waals surface area contributed by atoms with Crippen LogP contribution < -0.4 is 0 Å². The van der Waals surface area contributed by atoms with Crippen molar-refractivity contribution in [3.8, 4) is 6.07 Å². The molecular formula is C10H9BrN2. The van der Waals surface area contributed by atoms with Gasteiger partial charge < -0.3 is 0 Å². The highest BCUT2D eigenvalue weighted by Gasteiger charge is 2.40. The molecule has 0 unspecified atom stereocenters. The van der Waals surface area contributed by atoms with Crippen LogP contribution in [0.2, 0.25) is 0 Å². The third-order valence-electron chi connectivity index (χ3n) is 2.63. The Bertz CT molecular complexity index is 363. The Hall–Kier alpha value is -0.880. The second kappa shape index (κ2) is 3.12. The summed E-state index contributed by atoms with van der Waals surface area (Å²) in [6.07, 6.45) is 3.04. The first-order valence-corrected chi connectivity index (χ1v) is 5.10. The van der Waals surface area contributed by atoms with E-state index in [9.17, 15) is 0 Å². The fraction of sp³-hybridized carbons (Fsp3) is 0.400. The van der Waals surface area contributed by atoms with Crippen LogP contribution in [0.3, 0.4) is 0 Å². The van der Waals surface area contributed by atoms with Gasteiger partial charge in [0.15, 0.2) is 0 Å². The van der Waals surface area contributed by atoms with E-state index in [1.165, 1.54) is 0 Å². The molecule has 2 nitrogen and oxygen atoms in total. The molecule has 1 aliphatic carbocycles. The van der Waals surface area contributed by atoms with Crippen molar-refractivity contribution in [1.29, 1.82) is 5.26 Å². The predicted octanol–water partition coefficient (Wildman–Crippen LogP) is 2.79. The number of nitrogens with zero attached hydrogens (tertiary/aromatic N) is 2. The molecule has 13 heavy (non-hydrogen) atoms. The van der Waals surface area contributed by atoms with Gasteiger partial charge in [-0.3, -0.25) is 0 Å². The zero-order valence-electron chi connectivity index (χ0n) is 7.13. The SMILES string of the molecule is N#CC1(c2cccc(Br)n2)CCC1. The van der Waals surface area contributed by atoms with E-state index in [1.54, 1.807) is 0 Å². The van der Waals surface area contributed by atoms with Crippen molar-refractivity contribution in [2.45, 2.75) is 24.7 Å². The van der Waals surface area contributed by atoms with E-state index in [2.05, 4.69) is 27.0 Å². The second-order valence-electron chi connectivity index (χ2n) is 3.39. The predicted molar refractivity (Wildman–Crippen MR) is 53.1 cm³/mol. The molecule has 0 saturated heterocycles. The van der Waals surface area contributed by atoms with Gasteiger partial charge in [0.1, 0.15) is 4.60 Å². The summed E-state index contributed by atoms with van der Waals surface area (Å²) in [4.78, 5) is 4.33. The second-order valence-corrected chi connectivity index (χ2v) is 4.21. The summed E-state index contributed by atoms with van der Waals surface area (Å²) in [6, 6.07) is 8.13. The van der Waals surface area contributed by atoms with E-state index >= 15 is 0 Å². The lowest BCUT2D eigenvalue weighted by molar-refractivity contribution is 0.315. The monoisotopic (exact) mass is 236 g/mol. The van der Waals surface area contributed by atoms with Crippen molar-refractivity contribution < 1.29 is 0 Å². The topological polar surface area (TPSA) is 36.7 Å². The highest BCUT2D eigenvalue weighted by Crippen LogP contribution is 2.42. The molecule has 0 N–H and O–H groups in total. The summed E-state index contributed by atoms with van der Waals surface area (Å²) in [5.74, 6) is 0. The zero-order chi connectivity index (χ0) is 9.31. The molecular weight excluding hydrogens is 228 g/mol. The van der Waals surface area contributed by atoms with Crippen molar-refractivity contribution in [3.05, 3.63) is 28.5 Å². The Morgan fingerprint density at radius 1 is 1.46 bits per heavy atom. The average Bonchev–Trinajstić information content (AvgIpc) is 2.03. The number of rotatable bonds is 1. The van der Waals surface area contributed by atoms with Crippen LogP contribution in [-0.4, -0.2) is 4.98 Å². The Morgan fingerprint density at radius 3 is 2.69 bits per heavy atom. The highest BCUT2D eigenvalue weighted by molar-refractivity contribution is 9.10. The lowest BCUT2D eigenvalue weighted by Crippen LogP contribution is -2.33. The van der Waals surface area contributed by atoms with Crippen LogP contribution in [0.5, 0.6) is 0 Å². The molecule has 0 aromatic carbocycles. The Morgan fingerprint density at radius 2 is 2.23 bits per heavy atom.